The van der Waals surface area contributed by atoms with Gasteiger partial charge in [0.15, 0.2) is 0 Å². The van der Waals surface area contributed by atoms with E-state index in [1.54, 1.807) is 0 Å². The van der Waals surface area contributed by atoms with E-state index in [0.29, 0.717) is 6.42 Å². The number of nitrogens with one attached hydrogen (secondary N) is 1. The molecule has 1 aliphatic carbocycles. The molecule has 2 rings (SSSR count). The van der Waals surface area contributed by atoms with Crippen molar-refractivity contribution in [3.8, 4) is 0 Å². The van der Waals surface area contributed by atoms with E-state index in [1.165, 1.54) is 24.7 Å². The van der Waals surface area contributed by atoms with E-state index in [2.05, 4.69) is 17.4 Å². The summed E-state index contributed by atoms with van der Waals surface area (Å²) in [6.45, 7) is 3.77. The largest absolute Gasteiger partial charge is 0.467 e. The lowest BCUT2D eigenvalue weighted by Crippen LogP contribution is -2.45. The minimum Gasteiger partial charge on any atom is -0.467 e. The molecule has 4 nitrogen and oxygen atoms in total. The van der Waals surface area contributed by atoms with Gasteiger partial charge in [-0.15, -0.1) is 0 Å². The third-order valence-electron chi connectivity index (χ3n) is 3.97. The van der Waals surface area contributed by atoms with Crippen LogP contribution in [0.1, 0.15) is 37.0 Å². The number of carbonyl (C=O) groups excluding carboxylic acids is 2. The molecule has 0 bridgehead atoms. The minimum absolute atomic E-state index is 0.00132. The summed E-state index contributed by atoms with van der Waals surface area (Å²) in [5.41, 5.74) is 3.75. The molecule has 0 heterocycles. The van der Waals surface area contributed by atoms with Crippen LogP contribution in [0, 0.1) is 5.92 Å². The molecule has 1 aliphatic rings. The SMILES string of the molecule is COC(=O)[C@H](NC(=O)Cc1ccc2c(c1)CCC2)C(C)C. The molecule has 4 heteroatoms. The molecule has 0 unspecified atom stereocenters. The van der Waals surface area contributed by atoms with Crippen molar-refractivity contribution in [2.24, 2.45) is 5.92 Å². The number of methoxy groups -OCH3 is 1. The van der Waals surface area contributed by atoms with Gasteiger partial charge in [-0.1, -0.05) is 32.0 Å². The summed E-state index contributed by atoms with van der Waals surface area (Å²) in [5, 5.41) is 2.77. The first-order chi connectivity index (χ1) is 10.0. The Balaban J connectivity index is 1.99. The van der Waals surface area contributed by atoms with Gasteiger partial charge in [0.1, 0.15) is 6.04 Å². The number of aryl methyl sites for hydroxylation is 2. The van der Waals surface area contributed by atoms with Gasteiger partial charge in [-0.05, 0) is 41.9 Å². The molecule has 0 saturated heterocycles. The van der Waals surface area contributed by atoms with E-state index in [4.69, 9.17) is 4.74 Å². The van der Waals surface area contributed by atoms with Crippen molar-refractivity contribution >= 4 is 11.9 Å². The number of fused-ring (bicyclic) bond motifs is 1. The highest BCUT2D eigenvalue weighted by Crippen LogP contribution is 2.23. The quantitative estimate of drug-likeness (QED) is 0.844. The number of carbonyl (C=O) groups is 2. The maximum Gasteiger partial charge on any atom is 0.328 e. The number of amides is 1. The molecule has 1 amide bonds. The number of benzene rings is 1. The van der Waals surface area contributed by atoms with Crippen LogP contribution in [0.3, 0.4) is 0 Å². The summed E-state index contributed by atoms with van der Waals surface area (Å²) in [6, 6.07) is 5.65. The van der Waals surface area contributed by atoms with E-state index < -0.39 is 12.0 Å². The second-order valence-electron chi connectivity index (χ2n) is 5.95. The van der Waals surface area contributed by atoms with Crippen LogP contribution >= 0.6 is 0 Å². The molecule has 1 atom stereocenters. The Morgan fingerprint density at radius 3 is 2.62 bits per heavy atom. The fourth-order valence-electron chi connectivity index (χ4n) is 2.77. The second kappa shape index (κ2) is 6.74. The number of esters is 1. The predicted molar refractivity (Wildman–Crippen MR) is 81.0 cm³/mol. The average Bonchev–Trinajstić information content (AvgIpc) is 2.91. The van der Waals surface area contributed by atoms with Crippen LogP contribution in [0.2, 0.25) is 0 Å². The Morgan fingerprint density at radius 2 is 1.95 bits per heavy atom. The van der Waals surface area contributed by atoms with Crippen molar-refractivity contribution in [2.75, 3.05) is 7.11 Å². The van der Waals surface area contributed by atoms with E-state index in [0.717, 1.165) is 18.4 Å². The first-order valence-electron chi connectivity index (χ1n) is 7.49. The molecule has 0 fully saturated rings. The molecule has 1 aromatic carbocycles. The predicted octanol–water partition coefficient (Wildman–Crippen LogP) is 2.03. The summed E-state index contributed by atoms with van der Waals surface area (Å²) >= 11 is 0. The summed E-state index contributed by atoms with van der Waals surface area (Å²) < 4.78 is 4.73. The molecule has 21 heavy (non-hydrogen) atoms. The van der Waals surface area contributed by atoms with Crippen LogP contribution in [-0.2, 0) is 33.6 Å². The van der Waals surface area contributed by atoms with Crippen molar-refractivity contribution in [3.05, 3.63) is 34.9 Å². The van der Waals surface area contributed by atoms with Gasteiger partial charge in [0.25, 0.3) is 0 Å². The van der Waals surface area contributed by atoms with Crippen molar-refractivity contribution in [2.45, 2.75) is 45.6 Å². The highest BCUT2D eigenvalue weighted by atomic mass is 16.5. The number of hydrogen-bond donors (Lipinski definition) is 1. The Morgan fingerprint density at radius 1 is 1.24 bits per heavy atom. The molecule has 1 N–H and O–H groups in total. The van der Waals surface area contributed by atoms with Crippen LogP contribution in [0.5, 0.6) is 0 Å². The van der Waals surface area contributed by atoms with E-state index in [9.17, 15) is 9.59 Å². The van der Waals surface area contributed by atoms with Crippen molar-refractivity contribution in [3.63, 3.8) is 0 Å². The fourth-order valence-corrected chi connectivity index (χ4v) is 2.77. The maximum atomic E-state index is 12.1. The van der Waals surface area contributed by atoms with Crippen LogP contribution in [-0.4, -0.2) is 25.0 Å². The van der Waals surface area contributed by atoms with Crippen LogP contribution in [0.25, 0.3) is 0 Å². The van der Waals surface area contributed by atoms with Gasteiger partial charge >= 0.3 is 5.97 Å². The molecule has 0 aliphatic heterocycles. The number of hydrogen-bond acceptors (Lipinski definition) is 3. The van der Waals surface area contributed by atoms with Gasteiger partial charge in [0, 0.05) is 0 Å². The lowest BCUT2D eigenvalue weighted by atomic mass is 10.0. The summed E-state index contributed by atoms with van der Waals surface area (Å²) in [4.78, 5) is 23.8. The molecule has 114 valence electrons. The molecule has 1 aromatic rings. The first kappa shape index (κ1) is 15.5. The molecule has 0 aromatic heterocycles. The van der Waals surface area contributed by atoms with E-state index >= 15 is 0 Å². The van der Waals surface area contributed by atoms with Crippen molar-refractivity contribution in [1.29, 1.82) is 0 Å². The van der Waals surface area contributed by atoms with E-state index in [-0.39, 0.29) is 11.8 Å². The van der Waals surface area contributed by atoms with Gasteiger partial charge < -0.3 is 10.1 Å². The Bertz CT molecular complexity index is 537. The van der Waals surface area contributed by atoms with Gasteiger partial charge in [-0.3, -0.25) is 4.79 Å². The normalized spacial score (nSPS) is 14.7. The summed E-state index contributed by atoms with van der Waals surface area (Å²) in [5.74, 6) is -0.536. The van der Waals surface area contributed by atoms with Crippen molar-refractivity contribution < 1.29 is 14.3 Å². The molecular weight excluding hydrogens is 266 g/mol. The highest BCUT2D eigenvalue weighted by Gasteiger charge is 2.24. The molecule has 0 saturated carbocycles. The van der Waals surface area contributed by atoms with Crippen LogP contribution in [0.4, 0.5) is 0 Å². The van der Waals surface area contributed by atoms with Gasteiger partial charge in [0.2, 0.25) is 5.91 Å². The third kappa shape index (κ3) is 3.84. The molecule has 0 spiro atoms. The topological polar surface area (TPSA) is 55.4 Å². The Labute approximate surface area is 125 Å². The van der Waals surface area contributed by atoms with Crippen LogP contribution < -0.4 is 5.32 Å². The second-order valence-corrected chi connectivity index (χ2v) is 5.95. The zero-order valence-corrected chi connectivity index (χ0v) is 12.9. The summed E-state index contributed by atoms with van der Waals surface area (Å²) in [6.07, 6.45) is 3.73. The van der Waals surface area contributed by atoms with Crippen LogP contribution in [0.15, 0.2) is 18.2 Å². The zero-order chi connectivity index (χ0) is 15.4. The fraction of sp³-hybridized carbons (Fsp3) is 0.529. The molecular formula is C17H23NO3. The van der Waals surface area contributed by atoms with Gasteiger partial charge in [-0.25, -0.2) is 4.79 Å². The first-order valence-corrected chi connectivity index (χ1v) is 7.49. The number of rotatable bonds is 5. The Hall–Kier alpha value is -1.84. The number of ether oxygens (including phenoxy) is 1. The Kier molecular flexibility index (Phi) is 4.99. The van der Waals surface area contributed by atoms with E-state index in [1.807, 2.05) is 19.9 Å². The summed E-state index contributed by atoms with van der Waals surface area (Å²) in [7, 11) is 1.34. The highest BCUT2D eigenvalue weighted by molar-refractivity contribution is 5.85. The lowest BCUT2D eigenvalue weighted by Gasteiger charge is -2.19. The zero-order valence-electron chi connectivity index (χ0n) is 12.9. The standard InChI is InChI=1S/C17H23NO3/c1-11(2)16(17(20)21-3)18-15(19)10-12-7-8-13-5-4-6-14(13)9-12/h7-9,11,16H,4-6,10H2,1-3H3,(H,18,19)/t16-/m1/s1. The smallest absolute Gasteiger partial charge is 0.328 e. The monoisotopic (exact) mass is 289 g/mol. The molecule has 0 radical (unpaired) electrons. The third-order valence-corrected chi connectivity index (χ3v) is 3.97. The minimum atomic E-state index is -0.586. The van der Waals surface area contributed by atoms with Crippen molar-refractivity contribution in [1.82, 2.24) is 5.32 Å². The van der Waals surface area contributed by atoms with Gasteiger partial charge in [-0.2, -0.15) is 0 Å². The van der Waals surface area contributed by atoms with Gasteiger partial charge in [0.05, 0.1) is 13.5 Å². The maximum absolute atomic E-state index is 12.1. The average molecular weight is 289 g/mol. The lowest BCUT2D eigenvalue weighted by molar-refractivity contribution is -0.146.